The van der Waals surface area contributed by atoms with Gasteiger partial charge in [-0.15, -0.1) is 0 Å². The van der Waals surface area contributed by atoms with Gasteiger partial charge < -0.3 is 5.32 Å². The molecule has 9 nitrogen and oxygen atoms in total. The second kappa shape index (κ2) is 7.36. The van der Waals surface area contributed by atoms with Gasteiger partial charge in [-0.1, -0.05) is 23.7 Å². The zero-order valence-electron chi connectivity index (χ0n) is 13.7. The van der Waals surface area contributed by atoms with Gasteiger partial charge in [0.25, 0.3) is 0 Å². The lowest BCUT2D eigenvalue weighted by atomic mass is 10.2. The molecule has 0 aliphatic carbocycles. The SMILES string of the molecule is CC(C(=O)Nc1cnn(Cc2cccc(Cl)c2)c1)n1cc([N+](=O)[O-])cn1. The van der Waals surface area contributed by atoms with E-state index in [0.717, 1.165) is 11.8 Å². The third-order valence-corrected chi connectivity index (χ3v) is 3.94. The number of hydrogen-bond donors (Lipinski definition) is 1. The van der Waals surface area contributed by atoms with E-state index in [0.29, 0.717) is 17.3 Å². The summed E-state index contributed by atoms with van der Waals surface area (Å²) in [6.45, 7) is 2.11. The Labute approximate surface area is 153 Å². The van der Waals surface area contributed by atoms with Crippen molar-refractivity contribution in [1.29, 1.82) is 0 Å². The number of aromatic nitrogens is 4. The largest absolute Gasteiger partial charge is 0.322 e. The standard InChI is InChI=1S/C16H15ClN6O3/c1-11(22-10-15(7-19-22)23(25)26)16(24)20-14-6-18-21(9-14)8-12-3-2-4-13(17)5-12/h2-7,9-11H,8H2,1H3,(H,20,24). The minimum Gasteiger partial charge on any atom is -0.322 e. The molecule has 0 saturated carbocycles. The Kier molecular flexibility index (Phi) is 4.99. The van der Waals surface area contributed by atoms with Crippen molar-refractivity contribution in [3.05, 3.63) is 69.8 Å². The number of carbonyl (C=O) groups is 1. The summed E-state index contributed by atoms with van der Waals surface area (Å²) >= 11 is 5.96. The van der Waals surface area contributed by atoms with E-state index < -0.39 is 11.0 Å². The molecule has 0 aliphatic heterocycles. The molecule has 10 heteroatoms. The van der Waals surface area contributed by atoms with Crippen LogP contribution in [0.15, 0.2) is 49.1 Å². The first kappa shape index (κ1) is 17.6. The molecule has 26 heavy (non-hydrogen) atoms. The van der Waals surface area contributed by atoms with Crippen LogP contribution in [0.5, 0.6) is 0 Å². The maximum absolute atomic E-state index is 12.3. The van der Waals surface area contributed by atoms with E-state index in [2.05, 4.69) is 15.5 Å². The first-order valence-corrected chi connectivity index (χ1v) is 8.06. The van der Waals surface area contributed by atoms with E-state index in [-0.39, 0.29) is 11.6 Å². The van der Waals surface area contributed by atoms with E-state index in [4.69, 9.17) is 11.6 Å². The van der Waals surface area contributed by atoms with Gasteiger partial charge in [0.05, 0.1) is 23.4 Å². The first-order valence-electron chi connectivity index (χ1n) is 7.68. The fourth-order valence-corrected chi connectivity index (χ4v) is 2.55. The van der Waals surface area contributed by atoms with Crippen LogP contribution < -0.4 is 5.32 Å². The van der Waals surface area contributed by atoms with E-state index in [9.17, 15) is 14.9 Å². The number of benzene rings is 1. The van der Waals surface area contributed by atoms with Gasteiger partial charge in [-0.05, 0) is 24.6 Å². The summed E-state index contributed by atoms with van der Waals surface area (Å²) in [5.74, 6) is -0.356. The Hall–Kier alpha value is -3.20. The summed E-state index contributed by atoms with van der Waals surface area (Å²) < 4.78 is 2.91. The zero-order chi connectivity index (χ0) is 18.7. The van der Waals surface area contributed by atoms with Gasteiger partial charge in [0.1, 0.15) is 18.4 Å². The van der Waals surface area contributed by atoms with Crippen molar-refractivity contribution < 1.29 is 9.72 Å². The van der Waals surface area contributed by atoms with Crippen LogP contribution in [-0.2, 0) is 11.3 Å². The highest BCUT2D eigenvalue weighted by Gasteiger charge is 2.19. The molecule has 1 N–H and O–H groups in total. The molecule has 0 radical (unpaired) electrons. The van der Waals surface area contributed by atoms with E-state index in [1.54, 1.807) is 23.9 Å². The van der Waals surface area contributed by atoms with Crippen molar-refractivity contribution in [3.8, 4) is 0 Å². The lowest BCUT2D eigenvalue weighted by Crippen LogP contribution is -2.23. The molecule has 0 aliphatic rings. The molecule has 134 valence electrons. The summed E-state index contributed by atoms with van der Waals surface area (Å²) in [5, 5.41) is 22.1. The van der Waals surface area contributed by atoms with Gasteiger partial charge in [-0.2, -0.15) is 10.2 Å². The van der Waals surface area contributed by atoms with Crippen LogP contribution in [0.25, 0.3) is 0 Å². The maximum Gasteiger partial charge on any atom is 0.307 e. The molecule has 1 atom stereocenters. The molecule has 1 amide bonds. The van der Waals surface area contributed by atoms with E-state index in [1.165, 1.54) is 17.1 Å². The summed E-state index contributed by atoms with van der Waals surface area (Å²) in [4.78, 5) is 22.5. The van der Waals surface area contributed by atoms with Crippen LogP contribution in [0, 0.1) is 10.1 Å². The number of halogens is 1. The van der Waals surface area contributed by atoms with Crippen molar-refractivity contribution in [1.82, 2.24) is 19.6 Å². The van der Waals surface area contributed by atoms with Crippen LogP contribution in [0.3, 0.4) is 0 Å². The Bertz CT molecular complexity index is 951. The number of nitrogens with zero attached hydrogens (tertiary/aromatic N) is 5. The smallest absolute Gasteiger partial charge is 0.307 e. The second-order valence-corrected chi connectivity index (χ2v) is 6.09. The van der Waals surface area contributed by atoms with Crippen molar-refractivity contribution in [3.63, 3.8) is 0 Å². The molecule has 2 heterocycles. The van der Waals surface area contributed by atoms with Gasteiger partial charge >= 0.3 is 5.69 Å². The van der Waals surface area contributed by atoms with Crippen LogP contribution in [0.1, 0.15) is 18.5 Å². The fraction of sp³-hybridized carbons (Fsp3) is 0.188. The number of nitro groups is 1. The second-order valence-electron chi connectivity index (χ2n) is 5.66. The molecule has 0 bridgehead atoms. The molecular formula is C16H15ClN6O3. The molecule has 0 fully saturated rings. The summed E-state index contributed by atoms with van der Waals surface area (Å²) in [6, 6.07) is 6.71. The van der Waals surface area contributed by atoms with Crippen LogP contribution in [0.2, 0.25) is 5.02 Å². The van der Waals surface area contributed by atoms with Gasteiger partial charge in [-0.3, -0.25) is 24.3 Å². The first-order chi connectivity index (χ1) is 12.4. The lowest BCUT2D eigenvalue weighted by Gasteiger charge is -2.10. The number of nitrogens with one attached hydrogen (secondary N) is 1. The highest BCUT2D eigenvalue weighted by Crippen LogP contribution is 2.16. The molecule has 1 unspecified atom stereocenters. The number of amides is 1. The minimum absolute atomic E-state index is 0.168. The predicted octanol–water partition coefficient (Wildman–Crippen LogP) is 2.89. The van der Waals surface area contributed by atoms with E-state index in [1.807, 2.05) is 18.2 Å². The summed E-state index contributed by atoms with van der Waals surface area (Å²) in [7, 11) is 0. The van der Waals surface area contributed by atoms with Crippen molar-refractivity contribution >= 4 is 28.9 Å². The fourth-order valence-electron chi connectivity index (χ4n) is 2.34. The highest BCUT2D eigenvalue weighted by molar-refractivity contribution is 6.30. The Morgan fingerprint density at radius 2 is 2.15 bits per heavy atom. The Morgan fingerprint density at radius 3 is 2.85 bits per heavy atom. The van der Waals surface area contributed by atoms with Crippen molar-refractivity contribution in [2.75, 3.05) is 5.32 Å². The topological polar surface area (TPSA) is 108 Å². The number of anilines is 1. The number of hydrogen-bond acceptors (Lipinski definition) is 5. The van der Waals surface area contributed by atoms with Crippen molar-refractivity contribution in [2.24, 2.45) is 0 Å². The molecule has 3 rings (SSSR count). The van der Waals surface area contributed by atoms with Gasteiger partial charge in [0, 0.05) is 11.2 Å². The summed E-state index contributed by atoms with van der Waals surface area (Å²) in [6.07, 6.45) is 5.54. The van der Waals surface area contributed by atoms with E-state index >= 15 is 0 Å². The minimum atomic E-state index is -0.708. The Balaban J connectivity index is 1.64. The zero-order valence-corrected chi connectivity index (χ0v) is 14.5. The molecule has 2 aromatic heterocycles. The van der Waals surface area contributed by atoms with Crippen LogP contribution in [0.4, 0.5) is 11.4 Å². The number of rotatable bonds is 6. The monoisotopic (exact) mass is 374 g/mol. The normalized spacial score (nSPS) is 11.9. The van der Waals surface area contributed by atoms with Crippen molar-refractivity contribution in [2.45, 2.75) is 19.5 Å². The number of carbonyl (C=O) groups excluding carboxylic acids is 1. The summed E-state index contributed by atoms with van der Waals surface area (Å²) in [5.41, 5.74) is 1.33. The molecule has 0 saturated heterocycles. The maximum atomic E-state index is 12.3. The van der Waals surface area contributed by atoms with Gasteiger partial charge in [0.2, 0.25) is 5.91 Å². The molecule has 1 aromatic carbocycles. The highest BCUT2D eigenvalue weighted by atomic mass is 35.5. The van der Waals surface area contributed by atoms with Crippen LogP contribution in [-0.4, -0.2) is 30.4 Å². The van der Waals surface area contributed by atoms with Gasteiger partial charge in [0.15, 0.2) is 0 Å². The van der Waals surface area contributed by atoms with Gasteiger partial charge in [-0.25, -0.2) is 0 Å². The average Bonchev–Trinajstić information content (AvgIpc) is 3.24. The Morgan fingerprint density at radius 1 is 1.35 bits per heavy atom. The third kappa shape index (κ3) is 4.06. The quantitative estimate of drug-likeness (QED) is 0.527. The molecule has 0 spiro atoms. The third-order valence-electron chi connectivity index (χ3n) is 3.71. The molecular weight excluding hydrogens is 360 g/mol. The lowest BCUT2D eigenvalue weighted by molar-refractivity contribution is -0.385. The average molecular weight is 375 g/mol. The van der Waals surface area contributed by atoms with Crippen LogP contribution >= 0.6 is 11.6 Å². The molecule has 3 aromatic rings. The predicted molar refractivity (Wildman–Crippen MR) is 95.0 cm³/mol.